The van der Waals surface area contributed by atoms with Crippen LogP contribution in [0.3, 0.4) is 0 Å². The molecule has 1 aromatic carbocycles. The number of ether oxygens (including phenoxy) is 1. The average molecular weight is 217 g/mol. The first-order valence-corrected chi connectivity index (χ1v) is 5.11. The summed E-state index contributed by atoms with van der Waals surface area (Å²) in [7, 11) is 1.96. The molecule has 0 spiro atoms. The molecule has 1 aliphatic rings. The van der Waals surface area contributed by atoms with Crippen LogP contribution in [0.25, 0.3) is 11.0 Å². The summed E-state index contributed by atoms with van der Waals surface area (Å²) in [6.45, 7) is 1.30. The number of benzene rings is 1. The highest BCUT2D eigenvalue weighted by atomic mass is 16.5. The maximum atomic E-state index is 11.2. The van der Waals surface area contributed by atoms with Crippen LogP contribution in [0.2, 0.25) is 0 Å². The van der Waals surface area contributed by atoms with Crippen molar-refractivity contribution < 1.29 is 9.15 Å². The molecule has 0 saturated heterocycles. The number of fused-ring (bicyclic) bond motifs is 3. The second-order valence-corrected chi connectivity index (χ2v) is 4.00. The van der Waals surface area contributed by atoms with Gasteiger partial charge in [0.05, 0.1) is 5.56 Å². The van der Waals surface area contributed by atoms with Crippen LogP contribution < -0.4 is 10.4 Å². The van der Waals surface area contributed by atoms with E-state index in [4.69, 9.17) is 9.15 Å². The lowest BCUT2D eigenvalue weighted by Crippen LogP contribution is -2.28. The zero-order valence-electron chi connectivity index (χ0n) is 8.90. The fourth-order valence-electron chi connectivity index (χ4n) is 1.95. The zero-order valence-corrected chi connectivity index (χ0v) is 8.90. The SMILES string of the molecule is CN1COc2ccc3ccc(=O)oc3c2C1. The molecule has 4 nitrogen and oxygen atoms in total. The van der Waals surface area contributed by atoms with Crippen molar-refractivity contribution in [3.05, 3.63) is 40.2 Å². The number of hydrogen-bond donors (Lipinski definition) is 0. The Bertz CT molecular complexity index is 603. The highest BCUT2D eigenvalue weighted by Crippen LogP contribution is 2.30. The quantitative estimate of drug-likeness (QED) is 0.628. The molecule has 0 atom stereocenters. The van der Waals surface area contributed by atoms with Crippen LogP contribution in [-0.4, -0.2) is 18.7 Å². The van der Waals surface area contributed by atoms with Gasteiger partial charge in [-0.05, 0) is 25.2 Å². The van der Waals surface area contributed by atoms with Crippen molar-refractivity contribution in [2.24, 2.45) is 0 Å². The summed E-state index contributed by atoms with van der Waals surface area (Å²) < 4.78 is 10.8. The monoisotopic (exact) mass is 217 g/mol. The van der Waals surface area contributed by atoms with Crippen LogP contribution in [0.5, 0.6) is 5.75 Å². The van der Waals surface area contributed by atoms with Crippen molar-refractivity contribution in [3.63, 3.8) is 0 Å². The molecule has 82 valence electrons. The number of nitrogens with zero attached hydrogens (tertiary/aromatic N) is 1. The first kappa shape index (κ1) is 9.42. The second-order valence-electron chi connectivity index (χ2n) is 4.00. The van der Waals surface area contributed by atoms with E-state index in [0.29, 0.717) is 12.3 Å². The van der Waals surface area contributed by atoms with E-state index < -0.39 is 0 Å². The molecule has 0 unspecified atom stereocenters. The van der Waals surface area contributed by atoms with Crippen molar-refractivity contribution in [2.75, 3.05) is 13.8 Å². The Hall–Kier alpha value is -1.81. The first-order valence-electron chi connectivity index (χ1n) is 5.11. The smallest absolute Gasteiger partial charge is 0.336 e. The zero-order chi connectivity index (χ0) is 11.1. The highest BCUT2D eigenvalue weighted by molar-refractivity contribution is 5.82. The Balaban J connectivity index is 2.32. The summed E-state index contributed by atoms with van der Waals surface area (Å²) >= 11 is 0. The molecule has 1 aliphatic heterocycles. The molecule has 0 N–H and O–H groups in total. The standard InChI is InChI=1S/C12H11NO3/c1-13-6-9-10(15-7-13)4-2-8-3-5-11(14)16-12(8)9/h2-5H,6-7H2,1H3. The minimum Gasteiger partial charge on any atom is -0.478 e. The van der Waals surface area contributed by atoms with Gasteiger partial charge in [0.1, 0.15) is 18.1 Å². The van der Waals surface area contributed by atoms with Crippen molar-refractivity contribution in [3.8, 4) is 5.75 Å². The van der Waals surface area contributed by atoms with E-state index >= 15 is 0 Å². The molecule has 0 bridgehead atoms. The Morgan fingerprint density at radius 3 is 2.94 bits per heavy atom. The third-order valence-corrected chi connectivity index (χ3v) is 2.72. The molecule has 0 aliphatic carbocycles. The van der Waals surface area contributed by atoms with Crippen LogP contribution >= 0.6 is 0 Å². The third-order valence-electron chi connectivity index (χ3n) is 2.72. The lowest BCUT2D eigenvalue weighted by molar-refractivity contribution is 0.122. The fourth-order valence-corrected chi connectivity index (χ4v) is 1.95. The predicted octanol–water partition coefficient (Wildman–Crippen LogP) is 1.57. The molecular weight excluding hydrogens is 206 g/mol. The fraction of sp³-hybridized carbons (Fsp3) is 0.250. The summed E-state index contributed by atoms with van der Waals surface area (Å²) in [4.78, 5) is 13.3. The summed E-state index contributed by atoms with van der Waals surface area (Å²) in [6.07, 6.45) is 0. The lowest BCUT2D eigenvalue weighted by atomic mass is 10.1. The van der Waals surface area contributed by atoms with E-state index in [1.54, 1.807) is 6.07 Å². The molecule has 2 heterocycles. The predicted molar refractivity (Wildman–Crippen MR) is 59.4 cm³/mol. The van der Waals surface area contributed by atoms with Gasteiger partial charge in [-0.25, -0.2) is 4.79 Å². The summed E-state index contributed by atoms with van der Waals surface area (Å²) in [5.41, 5.74) is 1.26. The molecule has 3 rings (SSSR count). The van der Waals surface area contributed by atoms with Gasteiger partial charge in [-0.15, -0.1) is 0 Å². The normalized spacial score (nSPS) is 15.8. The molecular formula is C12H11NO3. The van der Waals surface area contributed by atoms with Gasteiger partial charge in [-0.3, -0.25) is 4.90 Å². The lowest BCUT2D eigenvalue weighted by Gasteiger charge is -2.25. The average Bonchev–Trinajstić information content (AvgIpc) is 2.29. The van der Waals surface area contributed by atoms with Gasteiger partial charge in [0, 0.05) is 18.0 Å². The summed E-state index contributed by atoms with van der Waals surface area (Å²) in [6, 6.07) is 7.03. The second kappa shape index (κ2) is 3.35. The van der Waals surface area contributed by atoms with E-state index in [1.165, 1.54) is 6.07 Å². The van der Waals surface area contributed by atoms with Crippen molar-refractivity contribution in [1.29, 1.82) is 0 Å². The van der Waals surface area contributed by atoms with Gasteiger partial charge in [-0.1, -0.05) is 0 Å². The van der Waals surface area contributed by atoms with E-state index in [2.05, 4.69) is 0 Å². The van der Waals surface area contributed by atoms with Crippen LogP contribution in [0.1, 0.15) is 5.56 Å². The van der Waals surface area contributed by atoms with Gasteiger partial charge in [0.2, 0.25) is 0 Å². The molecule has 4 heteroatoms. The minimum atomic E-state index is -0.325. The Labute approximate surface area is 92.0 Å². The molecule has 1 aromatic heterocycles. The molecule has 0 fully saturated rings. The van der Waals surface area contributed by atoms with Crippen LogP contribution in [0.15, 0.2) is 33.5 Å². The van der Waals surface area contributed by atoms with Gasteiger partial charge < -0.3 is 9.15 Å². The Morgan fingerprint density at radius 1 is 1.25 bits per heavy atom. The van der Waals surface area contributed by atoms with Crippen LogP contribution in [0.4, 0.5) is 0 Å². The third kappa shape index (κ3) is 1.39. The maximum absolute atomic E-state index is 11.2. The van der Waals surface area contributed by atoms with Crippen molar-refractivity contribution in [2.45, 2.75) is 6.54 Å². The van der Waals surface area contributed by atoms with Gasteiger partial charge >= 0.3 is 5.63 Å². The van der Waals surface area contributed by atoms with E-state index in [1.807, 2.05) is 24.1 Å². The number of hydrogen-bond acceptors (Lipinski definition) is 4. The molecule has 16 heavy (non-hydrogen) atoms. The summed E-state index contributed by atoms with van der Waals surface area (Å²) in [5, 5.41) is 0.928. The van der Waals surface area contributed by atoms with Crippen LogP contribution in [-0.2, 0) is 6.54 Å². The van der Waals surface area contributed by atoms with E-state index in [0.717, 1.165) is 23.2 Å². The van der Waals surface area contributed by atoms with Gasteiger partial charge in [0.25, 0.3) is 0 Å². The highest BCUT2D eigenvalue weighted by Gasteiger charge is 2.18. The summed E-state index contributed by atoms with van der Waals surface area (Å²) in [5.74, 6) is 0.806. The van der Waals surface area contributed by atoms with Gasteiger partial charge in [-0.2, -0.15) is 0 Å². The van der Waals surface area contributed by atoms with Crippen molar-refractivity contribution >= 4 is 11.0 Å². The van der Waals surface area contributed by atoms with Crippen LogP contribution in [0, 0.1) is 0 Å². The molecule has 0 saturated carbocycles. The largest absolute Gasteiger partial charge is 0.478 e. The van der Waals surface area contributed by atoms with Crippen molar-refractivity contribution in [1.82, 2.24) is 4.90 Å². The Kier molecular flexibility index (Phi) is 1.97. The number of rotatable bonds is 0. The van der Waals surface area contributed by atoms with Gasteiger partial charge in [0.15, 0.2) is 0 Å². The topological polar surface area (TPSA) is 42.7 Å². The molecule has 0 radical (unpaired) electrons. The van der Waals surface area contributed by atoms with E-state index in [-0.39, 0.29) is 5.63 Å². The first-order chi connectivity index (χ1) is 7.74. The minimum absolute atomic E-state index is 0.325. The Morgan fingerprint density at radius 2 is 2.06 bits per heavy atom. The van der Waals surface area contributed by atoms with E-state index in [9.17, 15) is 4.79 Å². The molecule has 0 amide bonds. The maximum Gasteiger partial charge on any atom is 0.336 e. The molecule has 2 aromatic rings.